The van der Waals surface area contributed by atoms with E-state index in [0.717, 1.165) is 37.8 Å². The summed E-state index contributed by atoms with van der Waals surface area (Å²) in [5.74, 6) is -0.0393. The van der Waals surface area contributed by atoms with Crippen LogP contribution in [0.15, 0.2) is 60.3 Å². The van der Waals surface area contributed by atoms with E-state index >= 15 is 0 Å². The number of allylic oxidation sites excluding steroid dienone is 2. The predicted molar refractivity (Wildman–Crippen MR) is 133 cm³/mol. The van der Waals surface area contributed by atoms with Crippen molar-refractivity contribution in [3.8, 4) is 21.7 Å². The minimum atomic E-state index is -0.801. The van der Waals surface area contributed by atoms with Crippen molar-refractivity contribution in [1.29, 1.82) is 5.41 Å². The number of nitrogens with two attached hydrogens (primary N) is 2. The minimum Gasteiger partial charge on any atom is -0.402 e. The molecule has 0 radical (unpaired) electrons. The molecule has 0 amide bonds. The summed E-state index contributed by atoms with van der Waals surface area (Å²) in [6.07, 6.45) is 1.01. The van der Waals surface area contributed by atoms with Gasteiger partial charge >= 0.3 is 0 Å². The molecule has 2 aromatic carbocycles. The summed E-state index contributed by atoms with van der Waals surface area (Å²) in [5, 5.41) is 25.6. The van der Waals surface area contributed by atoms with Gasteiger partial charge in [0.25, 0.3) is 0 Å². The summed E-state index contributed by atoms with van der Waals surface area (Å²) in [7, 11) is 0. The molecule has 1 aromatic heterocycles. The molecule has 1 aliphatic carbocycles. The monoisotopic (exact) mass is 445 g/mol. The van der Waals surface area contributed by atoms with Gasteiger partial charge in [-0.1, -0.05) is 54.6 Å². The smallest absolute Gasteiger partial charge is 0.181 e. The van der Waals surface area contributed by atoms with Crippen molar-refractivity contribution in [1.82, 2.24) is 4.98 Å². The first-order valence-electron chi connectivity index (χ1n) is 10.7. The number of rotatable bonds is 5. The Labute approximate surface area is 192 Å². The normalized spacial score (nSPS) is 21.5. The molecule has 0 saturated heterocycles. The van der Waals surface area contributed by atoms with E-state index in [-0.39, 0.29) is 5.92 Å². The number of nitrogens with zero attached hydrogens (tertiary/aromatic N) is 1. The molecule has 1 heterocycles. The van der Waals surface area contributed by atoms with Gasteiger partial charge in [0.15, 0.2) is 5.71 Å². The van der Waals surface area contributed by atoms with Crippen molar-refractivity contribution in [2.75, 3.05) is 0 Å². The Balaban J connectivity index is 1.78. The summed E-state index contributed by atoms with van der Waals surface area (Å²) in [6, 6.07) is 18.4. The van der Waals surface area contributed by atoms with E-state index < -0.39 is 5.60 Å². The molecule has 0 unspecified atom stereocenters. The Hall–Kier alpha value is -3.09. The molecule has 0 bridgehead atoms. The first-order valence-corrected chi connectivity index (χ1v) is 11.5. The van der Waals surface area contributed by atoms with Crippen LogP contribution >= 0.6 is 11.3 Å². The van der Waals surface area contributed by atoms with E-state index in [0.29, 0.717) is 30.0 Å². The summed E-state index contributed by atoms with van der Waals surface area (Å²) < 4.78 is 0. The van der Waals surface area contributed by atoms with Crippen LogP contribution < -0.4 is 11.1 Å². The van der Waals surface area contributed by atoms with Gasteiger partial charge in [-0.3, -0.25) is 5.41 Å². The van der Waals surface area contributed by atoms with Crippen LogP contribution in [-0.4, -0.2) is 27.1 Å². The zero-order valence-corrected chi connectivity index (χ0v) is 19.5. The van der Waals surface area contributed by atoms with Crippen LogP contribution in [0.4, 0.5) is 0 Å². The van der Waals surface area contributed by atoms with Gasteiger partial charge in [0.05, 0.1) is 21.7 Å². The van der Waals surface area contributed by atoms with Crippen LogP contribution in [0, 0.1) is 5.41 Å². The molecule has 2 atom stereocenters. The average molecular weight is 446 g/mol. The topological polar surface area (TPSA) is 109 Å². The highest BCUT2D eigenvalue weighted by molar-refractivity contribution is 7.17. The minimum absolute atomic E-state index is 0.0393. The molecule has 6 N–H and O–H groups in total. The number of thiazole rings is 1. The Bertz CT molecular complexity index is 1200. The highest BCUT2D eigenvalue weighted by Gasteiger charge is 2.38. The fourth-order valence-electron chi connectivity index (χ4n) is 4.42. The third kappa shape index (κ3) is 4.29. The molecule has 1 saturated carbocycles. The fourth-order valence-corrected chi connectivity index (χ4v) is 5.69. The van der Waals surface area contributed by atoms with Gasteiger partial charge in [-0.05, 0) is 31.4 Å². The number of hydrogen-bond donors (Lipinski definition) is 4. The molecule has 0 aliphatic heterocycles. The Morgan fingerprint density at radius 2 is 1.78 bits per heavy atom. The molecule has 1 fully saturated rings. The standard InChI is InChI=1S/C26H28N4OS/c1-15(27)22(16(2)28)25-30-23(24(32-25)19-7-5-4-6-8-19)18-11-9-17(10-12-18)20-13-26(3,31)14-21(20)29/h4-12,20,27,29,31H,13-14,28H2,1-3H3/p+1/b22-16+,27-15?,29-21?/t20-,26+/m0/s1. The summed E-state index contributed by atoms with van der Waals surface area (Å²) in [5.41, 5.74) is 12.0. The van der Waals surface area contributed by atoms with Crippen LogP contribution in [0.3, 0.4) is 0 Å². The highest BCUT2D eigenvalue weighted by atomic mass is 32.1. The molecule has 1 aliphatic rings. The van der Waals surface area contributed by atoms with Gasteiger partial charge in [-0.25, -0.2) is 4.98 Å². The third-order valence-electron chi connectivity index (χ3n) is 5.89. The van der Waals surface area contributed by atoms with E-state index in [4.69, 9.17) is 21.5 Å². The summed E-state index contributed by atoms with van der Waals surface area (Å²) in [6.45, 7) is 5.49. The van der Waals surface area contributed by atoms with E-state index in [1.807, 2.05) is 32.0 Å². The highest BCUT2D eigenvalue weighted by Crippen LogP contribution is 2.41. The first-order chi connectivity index (χ1) is 15.2. The maximum Gasteiger partial charge on any atom is 0.181 e. The molecule has 4 rings (SSSR count). The van der Waals surface area contributed by atoms with Crippen molar-refractivity contribution in [3.63, 3.8) is 0 Å². The van der Waals surface area contributed by atoms with Crippen molar-refractivity contribution in [3.05, 3.63) is 70.9 Å². The lowest BCUT2D eigenvalue weighted by molar-refractivity contribution is -0.111. The lowest BCUT2D eigenvalue weighted by atomic mass is 9.93. The molecule has 0 spiro atoms. The second-order valence-corrected chi connectivity index (χ2v) is 9.88. The molecule has 32 heavy (non-hydrogen) atoms. The van der Waals surface area contributed by atoms with Gasteiger partial charge in [0, 0.05) is 36.2 Å². The predicted octanol–water partition coefficient (Wildman–Crippen LogP) is 4.03. The number of aliphatic hydroxyl groups is 1. The van der Waals surface area contributed by atoms with Crippen molar-refractivity contribution in [2.24, 2.45) is 5.73 Å². The molecular weight excluding hydrogens is 416 g/mol. The van der Waals surface area contributed by atoms with Crippen molar-refractivity contribution >= 4 is 28.3 Å². The molecular formula is C26H29N4OS+. The average Bonchev–Trinajstić information content (AvgIpc) is 3.28. The summed E-state index contributed by atoms with van der Waals surface area (Å²) in [4.78, 5) is 6.02. The van der Waals surface area contributed by atoms with E-state index in [1.54, 1.807) is 18.3 Å². The second kappa shape index (κ2) is 8.45. The summed E-state index contributed by atoms with van der Waals surface area (Å²) >= 11 is 1.58. The van der Waals surface area contributed by atoms with Crippen LogP contribution in [0.1, 0.15) is 50.1 Å². The van der Waals surface area contributed by atoms with Gasteiger partial charge in [-0.2, -0.15) is 0 Å². The van der Waals surface area contributed by atoms with Crippen molar-refractivity contribution < 1.29 is 10.5 Å². The maximum absolute atomic E-state index is 10.4. The quantitative estimate of drug-likeness (QED) is 0.445. The van der Waals surface area contributed by atoms with Crippen LogP contribution in [-0.2, 0) is 0 Å². The van der Waals surface area contributed by atoms with Gasteiger partial charge in [0.2, 0.25) is 0 Å². The SMILES string of the molecule is CC(=[NH2+])/C(=C(/C)N)c1nc(-c2ccc([C@@H]3C[C@@](C)(O)CC3=N)cc2)c(-c2ccccc2)s1. The number of benzene rings is 2. The fraction of sp³-hybridized carbons (Fsp3) is 0.269. The Morgan fingerprint density at radius 1 is 1.12 bits per heavy atom. The second-order valence-electron chi connectivity index (χ2n) is 8.88. The third-order valence-corrected chi connectivity index (χ3v) is 7.01. The first kappa shape index (κ1) is 22.1. The lowest BCUT2D eigenvalue weighted by Gasteiger charge is -2.15. The zero-order chi connectivity index (χ0) is 23.0. The van der Waals surface area contributed by atoms with Gasteiger partial charge in [-0.15, -0.1) is 11.3 Å². The lowest BCUT2D eigenvalue weighted by Crippen LogP contribution is -2.38. The van der Waals surface area contributed by atoms with Gasteiger partial charge in [0.1, 0.15) is 5.01 Å². The molecule has 3 aromatic rings. The molecule has 6 heteroatoms. The van der Waals surface area contributed by atoms with E-state index in [2.05, 4.69) is 36.4 Å². The van der Waals surface area contributed by atoms with Crippen LogP contribution in [0.25, 0.3) is 27.3 Å². The van der Waals surface area contributed by atoms with Crippen LogP contribution in [0.2, 0.25) is 0 Å². The Morgan fingerprint density at radius 3 is 2.31 bits per heavy atom. The van der Waals surface area contributed by atoms with Crippen LogP contribution in [0.5, 0.6) is 0 Å². The largest absolute Gasteiger partial charge is 0.402 e. The molecule has 164 valence electrons. The number of hydrogen-bond acceptors (Lipinski definition) is 5. The number of aromatic nitrogens is 1. The van der Waals surface area contributed by atoms with E-state index in [1.165, 1.54) is 0 Å². The zero-order valence-electron chi connectivity index (χ0n) is 18.6. The van der Waals surface area contributed by atoms with Gasteiger partial charge < -0.3 is 16.2 Å². The van der Waals surface area contributed by atoms with E-state index in [9.17, 15) is 5.11 Å². The molecule has 5 nitrogen and oxygen atoms in total. The van der Waals surface area contributed by atoms with Crippen molar-refractivity contribution in [2.45, 2.75) is 45.1 Å². The maximum atomic E-state index is 10.4. The Kier molecular flexibility index (Phi) is 5.84. The number of nitrogens with one attached hydrogen (secondary N) is 1.